The van der Waals surface area contributed by atoms with Gasteiger partial charge in [-0.25, -0.2) is 8.42 Å². The summed E-state index contributed by atoms with van der Waals surface area (Å²) in [6, 6.07) is 26.9. The van der Waals surface area contributed by atoms with Gasteiger partial charge in [0.1, 0.15) is 0 Å². The van der Waals surface area contributed by atoms with Crippen LogP contribution < -0.4 is 5.32 Å². The molecule has 0 unspecified atom stereocenters. The Hall–Kier alpha value is -2.47. The zero-order valence-electron chi connectivity index (χ0n) is 16.4. The average molecular weight is 407 g/mol. The lowest BCUT2D eigenvalue weighted by molar-refractivity contribution is 0.256. The molecule has 1 N–H and O–H groups in total. The predicted molar refractivity (Wildman–Crippen MR) is 117 cm³/mol. The quantitative estimate of drug-likeness (QED) is 0.664. The number of hydrogen-bond donors (Lipinski definition) is 1. The third-order valence-corrected chi connectivity index (χ3v) is 7.41. The molecule has 0 aliphatic carbocycles. The minimum absolute atomic E-state index is 0.00899. The average Bonchev–Trinajstić information content (AvgIpc) is 2.79. The molecule has 1 aliphatic heterocycles. The monoisotopic (exact) mass is 406 g/mol. The van der Waals surface area contributed by atoms with Crippen LogP contribution in [-0.2, 0) is 16.6 Å². The first-order valence-corrected chi connectivity index (χ1v) is 11.5. The van der Waals surface area contributed by atoms with Gasteiger partial charge in [0.05, 0.1) is 4.90 Å². The number of benzene rings is 3. The van der Waals surface area contributed by atoms with Crippen molar-refractivity contribution in [2.24, 2.45) is 0 Å². The molecule has 0 radical (unpaired) electrons. The molecule has 3 aromatic carbocycles. The molecule has 4 rings (SSSR count). The normalized spacial score (nSPS) is 15.5. The highest BCUT2D eigenvalue weighted by Crippen LogP contribution is 2.32. The van der Waals surface area contributed by atoms with Crippen molar-refractivity contribution in [3.05, 3.63) is 90.5 Å². The van der Waals surface area contributed by atoms with E-state index in [0.717, 1.165) is 42.6 Å². The summed E-state index contributed by atoms with van der Waals surface area (Å²) >= 11 is 0. The molecule has 5 heteroatoms. The number of rotatable bonds is 6. The van der Waals surface area contributed by atoms with Gasteiger partial charge in [0.25, 0.3) is 0 Å². The number of hydrogen-bond acceptors (Lipinski definition) is 3. The maximum atomic E-state index is 13.9. The standard InChI is InChI=1S/C24H26N2O2S/c27-29(28,24-14-8-7-13-23(24)21-11-5-2-6-12-21)26(22-15-17-25-18-16-22)19-20-9-3-1-4-10-20/h1-14,22,25H,15-19H2. The highest BCUT2D eigenvalue weighted by atomic mass is 32.2. The van der Waals surface area contributed by atoms with Crippen molar-refractivity contribution < 1.29 is 8.42 Å². The van der Waals surface area contributed by atoms with Crippen molar-refractivity contribution in [1.29, 1.82) is 0 Å². The van der Waals surface area contributed by atoms with Crippen molar-refractivity contribution in [3.8, 4) is 11.1 Å². The van der Waals surface area contributed by atoms with Gasteiger partial charge in [0.15, 0.2) is 0 Å². The van der Waals surface area contributed by atoms with Gasteiger partial charge in [-0.1, -0.05) is 78.9 Å². The first kappa shape index (κ1) is 19.8. The zero-order valence-corrected chi connectivity index (χ0v) is 17.2. The van der Waals surface area contributed by atoms with Crippen molar-refractivity contribution >= 4 is 10.0 Å². The fraction of sp³-hybridized carbons (Fsp3) is 0.250. The van der Waals surface area contributed by atoms with E-state index in [9.17, 15) is 8.42 Å². The minimum atomic E-state index is -3.67. The number of piperidine rings is 1. The smallest absolute Gasteiger partial charge is 0.244 e. The van der Waals surface area contributed by atoms with Crippen molar-refractivity contribution in [2.75, 3.05) is 13.1 Å². The lowest BCUT2D eigenvalue weighted by atomic mass is 10.1. The van der Waals surface area contributed by atoms with E-state index in [1.165, 1.54) is 0 Å². The Morgan fingerprint density at radius 3 is 2.07 bits per heavy atom. The van der Waals surface area contributed by atoms with E-state index in [4.69, 9.17) is 0 Å². The first-order valence-electron chi connectivity index (χ1n) is 10.1. The number of nitrogens with zero attached hydrogens (tertiary/aromatic N) is 1. The summed E-state index contributed by atoms with van der Waals surface area (Å²) in [4.78, 5) is 0.376. The second-order valence-electron chi connectivity index (χ2n) is 7.38. The fourth-order valence-electron chi connectivity index (χ4n) is 3.94. The molecule has 1 heterocycles. The van der Waals surface area contributed by atoms with E-state index < -0.39 is 10.0 Å². The molecule has 0 saturated carbocycles. The summed E-state index contributed by atoms with van der Waals surface area (Å²) in [5.41, 5.74) is 2.67. The summed E-state index contributed by atoms with van der Waals surface area (Å²) in [6.07, 6.45) is 1.64. The SMILES string of the molecule is O=S(=O)(c1ccccc1-c1ccccc1)N(Cc1ccccc1)C1CCNCC1. The highest BCUT2D eigenvalue weighted by molar-refractivity contribution is 7.89. The maximum absolute atomic E-state index is 13.9. The summed E-state index contributed by atoms with van der Waals surface area (Å²) < 4.78 is 29.6. The predicted octanol–water partition coefficient (Wildman–Crippen LogP) is 4.30. The molecule has 150 valence electrons. The van der Waals surface area contributed by atoms with E-state index >= 15 is 0 Å². The fourth-order valence-corrected chi connectivity index (χ4v) is 5.83. The molecular formula is C24H26N2O2S. The summed E-state index contributed by atoms with van der Waals surface area (Å²) in [5, 5.41) is 3.34. The van der Waals surface area contributed by atoms with E-state index in [1.807, 2.05) is 78.9 Å². The summed E-state index contributed by atoms with van der Waals surface area (Å²) in [7, 11) is -3.67. The Bertz CT molecular complexity index is 1030. The molecular weight excluding hydrogens is 380 g/mol. The second-order valence-corrected chi connectivity index (χ2v) is 9.24. The maximum Gasteiger partial charge on any atom is 0.244 e. The first-order chi connectivity index (χ1) is 14.2. The van der Waals surface area contributed by atoms with Crippen LogP contribution in [0.5, 0.6) is 0 Å². The Labute approximate surface area is 173 Å². The van der Waals surface area contributed by atoms with E-state index in [1.54, 1.807) is 10.4 Å². The van der Waals surface area contributed by atoms with Crippen molar-refractivity contribution in [2.45, 2.75) is 30.3 Å². The molecule has 1 aliphatic rings. The van der Waals surface area contributed by atoms with Crippen LogP contribution in [0.25, 0.3) is 11.1 Å². The molecule has 4 nitrogen and oxygen atoms in total. The third kappa shape index (κ3) is 4.42. The van der Waals surface area contributed by atoms with Crippen LogP contribution in [-0.4, -0.2) is 31.9 Å². The van der Waals surface area contributed by atoms with Crippen LogP contribution in [0.2, 0.25) is 0 Å². The molecule has 1 saturated heterocycles. The Morgan fingerprint density at radius 2 is 1.38 bits per heavy atom. The van der Waals surface area contributed by atoms with E-state index in [0.29, 0.717) is 11.4 Å². The lowest BCUT2D eigenvalue weighted by Crippen LogP contribution is -2.45. The zero-order chi connectivity index (χ0) is 20.1. The van der Waals surface area contributed by atoms with Gasteiger partial charge in [-0.15, -0.1) is 0 Å². The molecule has 1 fully saturated rings. The van der Waals surface area contributed by atoms with Gasteiger partial charge >= 0.3 is 0 Å². The van der Waals surface area contributed by atoms with Crippen molar-refractivity contribution in [3.63, 3.8) is 0 Å². The van der Waals surface area contributed by atoms with Crippen LogP contribution in [0.3, 0.4) is 0 Å². The van der Waals surface area contributed by atoms with Crippen LogP contribution in [0.1, 0.15) is 18.4 Å². The number of nitrogens with one attached hydrogen (secondary N) is 1. The molecule has 0 amide bonds. The van der Waals surface area contributed by atoms with Gasteiger partial charge in [-0.2, -0.15) is 4.31 Å². The number of sulfonamides is 1. The van der Waals surface area contributed by atoms with Crippen LogP contribution in [0.4, 0.5) is 0 Å². The Balaban J connectivity index is 1.78. The van der Waals surface area contributed by atoms with E-state index in [-0.39, 0.29) is 6.04 Å². The van der Waals surface area contributed by atoms with Gasteiger partial charge in [0, 0.05) is 18.2 Å². The van der Waals surface area contributed by atoms with Gasteiger partial charge in [-0.05, 0) is 43.1 Å². The van der Waals surface area contributed by atoms with Gasteiger partial charge in [-0.3, -0.25) is 0 Å². The minimum Gasteiger partial charge on any atom is -0.317 e. The van der Waals surface area contributed by atoms with E-state index in [2.05, 4.69) is 5.32 Å². The molecule has 0 atom stereocenters. The molecule has 29 heavy (non-hydrogen) atoms. The molecule has 0 aromatic heterocycles. The highest BCUT2D eigenvalue weighted by Gasteiger charge is 2.33. The van der Waals surface area contributed by atoms with Gasteiger partial charge in [0.2, 0.25) is 10.0 Å². The largest absolute Gasteiger partial charge is 0.317 e. The third-order valence-electron chi connectivity index (χ3n) is 5.46. The molecule has 0 spiro atoms. The van der Waals surface area contributed by atoms with Crippen LogP contribution in [0.15, 0.2) is 89.8 Å². The summed E-state index contributed by atoms with van der Waals surface area (Å²) in [5.74, 6) is 0. The molecule has 0 bridgehead atoms. The van der Waals surface area contributed by atoms with Crippen molar-refractivity contribution in [1.82, 2.24) is 9.62 Å². The van der Waals surface area contributed by atoms with Crippen LogP contribution in [0, 0.1) is 0 Å². The van der Waals surface area contributed by atoms with Crippen LogP contribution >= 0.6 is 0 Å². The Morgan fingerprint density at radius 1 is 0.793 bits per heavy atom. The Kier molecular flexibility index (Phi) is 6.09. The molecule has 3 aromatic rings. The topological polar surface area (TPSA) is 49.4 Å². The van der Waals surface area contributed by atoms with Gasteiger partial charge < -0.3 is 5.32 Å². The summed E-state index contributed by atoms with van der Waals surface area (Å²) in [6.45, 7) is 2.06. The second kappa shape index (κ2) is 8.91. The lowest BCUT2D eigenvalue weighted by Gasteiger charge is -2.34.